The Hall–Kier alpha value is -2.08. The number of rotatable bonds is 4. The molecule has 0 aliphatic carbocycles. The molecule has 1 aliphatic rings. The van der Waals surface area contributed by atoms with Gasteiger partial charge in [0.25, 0.3) is 0 Å². The van der Waals surface area contributed by atoms with E-state index in [1.165, 1.54) is 12.1 Å². The first-order chi connectivity index (χ1) is 8.61. The summed E-state index contributed by atoms with van der Waals surface area (Å²) in [5.74, 6) is -1.14. The van der Waals surface area contributed by atoms with E-state index in [1.54, 1.807) is 11.0 Å². The molecule has 6 nitrogen and oxygen atoms in total. The highest BCUT2D eigenvalue weighted by atomic mass is 16.4. The highest BCUT2D eigenvalue weighted by Gasteiger charge is 2.22. The summed E-state index contributed by atoms with van der Waals surface area (Å²) >= 11 is 0. The van der Waals surface area contributed by atoms with E-state index >= 15 is 0 Å². The molecule has 3 N–H and O–H groups in total. The molecule has 0 atom stereocenters. The molecule has 0 saturated heterocycles. The average Bonchev–Trinajstić information content (AvgIpc) is 2.35. The van der Waals surface area contributed by atoms with Gasteiger partial charge in [-0.05, 0) is 24.6 Å². The molecule has 0 saturated carbocycles. The number of aliphatic hydroxyl groups is 1. The third-order valence-electron chi connectivity index (χ3n) is 2.78. The summed E-state index contributed by atoms with van der Waals surface area (Å²) in [6.45, 7) is 0.724. The molecule has 18 heavy (non-hydrogen) atoms. The zero-order chi connectivity index (χ0) is 13.1. The van der Waals surface area contributed by atoms with Gasteiger partial charge in [0.05, 0.1) is 23.5 Å². The maximum Gasteiger partial charge on any atom is 0.335 e. The van der Waals surface area contributed by atoms with E-state index in [1.807, 2.05) is 0 Å². The lowest BCUT2D eigenvalue weighted by atomic mass is 10.1. The van der Waals surface area contributed by atoms with Gasteiger partial charge >= 0.3 is 5.97 Å². The van der Waals surface area contributed by atoms with Crippen LogP contribution in [0.2, 0.25) is 0 Å². The van der Waals surface area contributed by atoms with Crippen molar-refractivity contribution in [1.29, 1.82) is 0 Å². The Morgan fingerprint density at radius 1 is 1.44 bits per heavy atom. The molecule has 0 radical (unpaired) electrons. The van der Waals surface area contributed by atoms with Gasteiger partial charge in [-0.25, -0.2) is 4.79 Å². The summed E-state index contributed by atoms with van der Waals surface area (Å²) < 4.78 is 0. The van der Waals surface area contributed by atoms with Gasteiger partial charge in [0.15, 0.2) is 0 Å². The number of aliphatic hydroxyl groups excluding tert-OH is 1. The zero-order valence-corrected chi connectivity index (χ0v) is 9.72. The molecule has 96 valence electrons. The third kappa shape index (κ3) is 2.43. The van der Waals surface area contributed by atoms with E-state index in [0.717, 1.165) is 0 Å². The van der Waals surface area contributed by atoms with Crippen LogP contribution in [-0.2, 0) is 4.79 Å². The quantitative estimate of drug-likeness (QED) is 0.725. The second kappa shape index (κ2) is 5.05. The predicted molar refractivity (Wildman–Crippen MR) is 65.9 cm³/mol. The summed E-state index contributed by atoms with van der Waals surface area (Å²) in [4.78, 5) is 24.2. The predicted octanol–water partition coefficient (Wildman–Crippen LogP) is 0.526. The number of fused-ring (bicyclic) bond motifs is 1. The fraction of sp³-hybridized carbons (Fsp3) is 0.333. The minimum absolute atomic E-state index is 0.0338. The zero-order valence-electron chi connectivity index (χ0n) is 9.72. The Bertz CT molecular complexity index is 487. The Labute approximate surface area is 104 Å². The lowest BCUT2D eigenvalue weighted by Crippen LogP contribution is -2.39. The lowest BCUT2D eigenvalue weighted by molar-refractivity contribution is -0.115. The van der Waals surface area contributed by atoms with Crippen LogP contribution < -0.4 is 10.2 Å². The van der Waals surface area contributed by atoms with Crippen molar-refractivity contribution in [3.63, 3.8) is 0 Å². The molecule has 0 fully saturated rings. The van der Waals surface area contributed by atoms with Gasteiger partial charge in [0.2, 0.25) is 5.91 Å². The Morgan fingerprint density at radius 3 is 2.89 bits per heavy atom. The van der Waals surface area contributed by atoms with Crippen LogP contribution in [0, 0.1) is 0 Å². The van der Waals surface area contributed by atoms with Crippen molar-refractivity contribution in [2.45, 2.75) is 6.42 Å². The largest absolute Gasteiger partial charge is 0.478 e. The number of aromatic carboxylic acids is 1. The first-order valence-electron chi connectivity index (χ1n) is 5.65. The minimum atomic E-state index is -1.00. The van der Waals surface area contributed by atoms with Crippen molar-refractivity contribution in [2.75, 3.05) is 29.9 Å². The molecule has 0 aromatic heterocycles. The first kappa shape index (κ1) is 12.4. The number of carboxylic acids is 1. The van der Waals surface area contributed by atoms with Crippen molar-refractivity contribution in [2.24, 2.45) is 0 Å². The molecule has 0 bridgehead atoms. The van der Waals surface area contributed by atoms with Gasteiger partial charge in [0, 0.05) is 13.2 Å². The smallest absolute Gasteiger partial charge is 0.335 e. The van der Waals surface area contributed by atoms with Crippen LogP contribution in [0.25, 0.3) is 0 Å². The van der Waals surface area contributed by atoms with E-state index in [2.05, 4.69) is 5.32 Å². The average molecular weight is 250 g/mol. The standard InChI is InChI=1S/C12H14N2O4/c15-5-1-4-14-7-11(16)13-9-3-2-8(12(17)18)6-10(9)14/h2-3,6,15H,1,4-5,7H2,(H,13,16)(H,17,18). The number of nitrogens with zero attached hydrogens (tertiary/aromatic N) is 1. The number of carbonyl (C=O) groups is 2. The fourth-order valence-electron chi connectivity index (χ4n) is 1.94. The van der Waals surface area contributed by atoms with Gasteiger partial charge in [-0.1, -0.05) is 0 Å². The van der Waals surface area contributed by atoms with E-state index in [9.17, 15) is 9.59 Å². The van der Waals surface area contributed by atoms with Gasteiger partial charge in [-0.3, -0.25) is 4.79 Å². The molecule has 0 spiro atoms. The van der Waals surface area contributed by atoms with Crippen molar-refractivity contribution in [3.05, 3.63) is 23.8 Å². The fourth-order valence-corrected chi connectivity index (χ4v) is 1.94. The SMILES string of the molecule is O=C1CN(CCCO)c2cc(C(=O)O)ccc2N1. The summed E-state index contributed by atoms with van der Waals surface area (Å²) in [5.41, 5.74) is 1.47. The summed E-state index contributed by atoms with van der Waals surface area (Å²) in [7, 11) is 0. The van der Waals surface area contributed by atoms with Crippen molar-refractivity contribution >= 4 is 23.3 Å². The molecule has 2 rings (SSSR count). The topological polar surface area (TPSA) is 89.9 Å². The van der Waals surface area contributed by atoms with Crippen LogP contribution in [0.5, 0.6) is 0 Å². The monoisotopic (exact) mass is 250 g/mol. The first-order valence-corrected chi connectivity index (χ1v) is 5.65. The Kier molecular flexibility index (Phi) is 3.47. The van der Waals surface area contributed by atoms with Crippen LogP contribution >= 0.6 is 0 Å². The normalized spacial score (nSPS) is 14.1. The number of carbonyl (C=O) groups excluding carboxylic acids is 1. The van der Waals surface area contributed by atoms with Crippen LogP contribution in [0.1, 0.15) is 16.8 Å². The molecular weight excluding hydrogens is 236 g/mol. The molecule has 1 aliphatic heterocycles. The van der Waals surface area contributed by atoms with Crippen molar-refractivity contribution in [3.8, 4) is 0 Å². The number of anilines is 2. The molecule has 1 aromatic rings. The molecule has 1 aromatic carbocycles. The second-order valence-electron chi connectivity index (χ2n) is 4.08. The minimum Gasteiger partial charge on any atom is -0.478 e. The van der Waals surface area contributed by atoms with Gasteiger partial charge in [0.1, 0.15) is 0 Å². The number of carboxylic acid groups (broad SMARTS) is 1. The number of hydrogen-bond acceptors (Lipinski definition) is 4. The van der Waals surface area contributed by atoms with Gasteiger partial charge in [-0.15, -0.1) is 0 Å². The molecule has 1 amide bonds. The number of nitrogens with one attached hydrogen (secondary N) is 1. The van der Waals surface area contributed by atoms with Crippen LogP contribution in [-0.4, -0.2) is 41.8 Å². The molecular formula is C12H14N2O4. The van der Waals surface area contributed by atoms with E-state index in [0.29, 0.717) is 24.3 Å². The summed E-state index contributed by atoms with van der Waals surface area (Å²) in [5, 5.41) is 20.5. The summed E-state index contributed by atoms with van der Waals surface area (Å²) in [6, 6.07) is 4.58. The highest BCUT2D eigenvalue weighted by molar-refractivity contribution is 6.02. The Balaban J connectivity index is 2.34. The molecule has 6 heteroatoms. The van der Waals surface area contributed by atoms with E-state index in [4.69, 9.17) is 10.2 Å². The van der Waals surface area contributed by atoms with Crippen LogP contribution in [0.4, 0.5) is 11.4 Å². The molecule has 1 heterocycles. The lowest BCUT2D eigenvalue weighted by Gasteiger charge is -2.31. The van der Waals surface area contributed by atoms with Crippen molar-refractivity contribution < 1.29 is 19.8 Å². The maximum absolute atomic E-state index is 11.5. The Morgan fingerprint density at radius 2 is 2.22 bits per heavy atom. The summed E-state index contributed by atoms with van der Waals surface area (Å²) in [6.07, 6.45) is 0.532. The van der Waals surface area contributed by atoms with E-state index in [-0.39, 0.29) is 24.6 Å². The van der Waals surface area contributed by atoms with Gasteiger partial charge in [-0.2, -0.15) is 0 Å². The van der Waals surface area contributed by atoms with Gasteiger partial charge < -0.3 is 20.4 Å². The van der Waals surface area contributed by atoms with Crippen LogP contribution in [0.3, 0.4) is 0 Å². The number of hydrogen-bond donors (Lipinski definition) is 3. The molecule has 0 unspecified atom stereocenters. The number of benzene rings is 1. The number of amides is 1. The third-order valence-corrected chi connectivity index (χ3v) is 2.78. The van der Waals surface area contributed by atoms with E-state index < -0.39 is 5.97 Å². The maximum atomic E-state index is 11.5. The second-order valence-corrected chi connectivity index (χ2v) is 4.08. The van der Waals surface area contributed by atoms with Crippen molar-refractivity contribution in [1.82, 2.24) is 0 Å². The van der Waals surface area contributed by atoms with Crippen LogP contribution in [0.15, 0.2) is 18.2 Å². The highest BCUT2D eigenvalue weighted by Crippen LogP contribution is 2.30.